The van der Waals surface area contributed by atoms with E-state index in [1.54, 1.807) is 0 Å². The van der Waals surface area contributed by atoms with Crippen LogP contribution in [0.1, 0.15) is 5.56 Å². The van der Waals surface area contributed by atoms with E-state index in [0.717, 1.165) is 11.3 Å². The normalized spacial score (nSPS) is 10.0. The van der Waals surface area contributed by atoms with E-state index in [2.05, 4.69) is 11.2 Å². The largest absolute Gasteiger partial charge is 0.167 e. The fraction of sp³-hybridized carbons (Fsp3) is 0. The molecule has 0 aliphatic heterocycles. The van der Waals surface area contributed by atoms with Gasteiger partial charge < -0.3 is 0 Å². The zero-order chi connectivity index (χ0) is 9.64. The standard InChI is InChI=1S/C13H10N/c1-3-7-12(8-4-1)11-14-13-9-5-2-6-10-13/h1-10H/q+1. The van der Waals surface area contributed by atoms with Crippen molar-refractivity contribution in [3.05, 3.63) is 66.2 Å². The molecule has 0 spiro atoms. The Balaban J connectivity index is 2.16. The summed E-state index contributed by atoms with van der Waals surface area (Å²) < 4.78 is 0. The van der Waals surface area contributed by atoms with Gasteiger partial charge >= 0.3 is 0 Å². The van der Waals surface area contributed by atoms with Crippen LogP contribution in [-0.4, -0.2) is 6.21 Å². The third-order valence-electron chi connectivity index (χ3n) is 1.84. The summed E-state index contributed by atoms with van der Waals surface area (Å²) >= 11 is 0. The maximum atomic E-state index is 4.23. The quantitative estimate of drug-likeness (QED) is 0.496. The van der Waals surface area contributed by atoms with Gasteiger partial charge in [0.15, 0.2) is 5.56 Å². The number of rotatable bonds is 2. The van der Waals surface area contributed by atoms with Gasteiger partial charge in [-0.2, -0.15) is 0 Å². The summed E-state index contributed by atoms with van der Waals surface area (Å²) in [5, 5.41) is 0. The van der Waals surface area contributed by atoms with Crippen LogP contribution in [-0.2, 0) is 0 Å². The van der Waals surface area contributed by atoms with Gasteiger partial charge in [-0.15, -0.1) is 0 Å². The molecular weight excluding hydrogens is 170 g/mol. The van der Waals surface area contributed by atoms with E-state index >= 15 is 0 Å². The van der Waals surface area contributed by atoms with Gasteiger partial charge in [0.1, 0.15) is 11.9 Å². The van der Waals surface area contributed by atoms with Crippen molar-refractivity contribution in [2.45, 2.75) is 0 Å². The lowest BCUT2D eigenvalue weighted by Gasteiger charge is -1.83. The lowest BCUT2D eigenvalue weighted by molar-refractivity contribution is 1.53. The second kappa shape index (κ2) is 4.31. The van der Waals surface area contributed by atoms with Gasteiger partial charge in [0, 0.05) is 24.3 Å². The zero-order valence-corrected chi connectivity index (χ0v) is 7.72. The van der Waals surface area contributed by atoms with Gasteiger partial charge in [-0.1, -0.05) is 23.2 Å². The Kier molecular flexibility index (Phi) is 2.65. The van der Waals surface area contributed by atoms with Gasteiger partial charge in [-0.05, 0) is 18.2 Å². The Morgan fingerprint density at radius 1 is 0.714 bits per heavy atom. The van der Waals surface area contributed by atoms with Crippen LogP contribution in [0.3, 0.4) is 0 Å². The Hall–Kier alpha value is -1.98. The van der Waals surface area contributed by atoms with E-state index in [1.807, 2.05) is 60.7 Å². The minimum Gasteiger partial charge on any atom is -0.0998 e. The minimum atomic E-state index is 0.927. The fourth-order valence-electron chi connectivity index (χ4n) is 1.14. The van der Waals surface area contributed by atoms with E-state index in [1.165, 1.54) is 0 Å². The van der Waals surface area contributed by atoms with Crippen LogP contribution in [0.15, 0.2) is 65.7 Å². The Morgan fingerprint density at radius 3 is 1.93 bits per heavy atom. The molecule has 0 aliphatic rings. The molecule has 0 N–H and O–H groups in total. The molecule has 0 fully saturated rings. The summed E-state index contributed by atoms with van der Waals surface area (Å²) in [5.41, 5.74) is 1.92. The molecule has 0 saturated carbocycles. The molecule has 0 aromatic heterocycles. The van der Waals surface area contributed by atoms with Crippen LogP contribution in [0.4, 0.5) is 5.69 Å². The number of nitrogens with zero attached hydrogens (tertiary/aromatic N) is 1. The molecule has 0 amide bonds. The van der Waals surface area contributed by atoms with Crippen molar-refractivity contribution in [3.63, 3.8) is 0 Å². The van der Waals surface area contributed by atoms with Crippen LogP contribution >= 0.6 is 0 Å². The van der Waals surface area contributed by atoms with E-state index in [-0.39, 0.29) is 0 Å². The molecule has 0 heterocycles. The summed E-state index contributed by atoms with van der Waals surface area (Å²) in [5.74, 6) is 0. The minimum absolute atomic E-state index is 0.927. The van der Waals surface area contributed by atoms with Crippen molar-refractivity contribution in [2.24, 2.45) is 4.99 Å². The topological polar surface area (TPSA) is 12.4 Å². The average Bonchev–Trinajstić information content (AvgIpc) is 2.29. The van der Waals surface area contributed by atoms with Crippen molar-refractivity contribution in [2.75, 3.05) is 0 Å². The smallest absolute Gasteiger partial charge is 0.0998 e. The highest BCUT2D eigenvalue weighted by molar-refractivity contribution is 5.81. The highest BCUT2D eigenvalue weighted by atomic mass is 14.7. The van der Waals surface area contributed by atoms with E-state index in [4.69, 9.17) is 0 Å². The van der Waals surface area contributed by atoms with Crippen LogP contribution in [0.25, 0.3) is 0 Å². The molecule has 2 aromatic carbocycles. The average molecular weight is 180 g/mol. The van der Waals surface area contributed by atoms with Crippen molar-refractivity contribution in [1.29, 1.82) is 0 Å². The third-order valence-corrected chi connectivity index (χ3v) is 1.84. The lowest BCUT2D eigenvalue weighted by atomic mass is 10.2. The van der Waals surface area contributed by atoms with Crippen LogP contribution in [0.2, 0.25) is 0 Å². The molecule has 0 saturated heterocycles. The number of benzene rings is 2. The molecule has 2 rings (SSSR count). The Bertz CT molecular complexity index is 362. The molecular formula is C13H10N+. The van der Waals surface area contributed by atoms with Crippen molar-refractivity contribution in [1.82, 2.24) is 0 Å². The van der Waals surface area contributed by atoms with Crippen molar-refractivity contribution in [3.8, 4) is 0 Å². The lowest BCUT2D eigenvalue weighted by Crippen LogP contribution is -1.77. The van der Waals surface area contributed by atoms with Crippen molar-refractivity contribution >= 4 is 11.9 Å². The number of hydrogen-bond acceptors (Lipinski definition) is 1. The first kappa shape index (κ1) is 8.61. The molecule has 1 nitrogen and oxygen atoms in total. The molecule has 14 heavy (non-hydrogen) atoms. The van der Waals surface area contributed by atoms with Crippen molar-refractivity contribution < 1.29 is 0 Å². The first-order valence-electron chi connectivity index (χ1n) is 4.52. The fourth-order valence-corrected chi connectivity index (χ4v) is 1.14. The molecule has 0 aliphatic carbocycles. The van der Waals surface area contributed by atoms with E-state index in [9.17, 15) is 0 Å². The molecule has 0 radical (unpaired) electrons. The molecule has 2 aromatic rings. The van der Waals surface area contributed by atoms with E-state index < -0.39 is 0 Å². The highest BCUT2D eigenvalue weighted by Crippen LogP contribution is 2.09. The second-order valence-electron chi connectivity index (χ2n) is 2.93. The Morgan fingerprint density at radius 2 is 1.29 bits per heavy atom. The molecule has 0 bridgehead atoms. The van der Waals surface area contributed by atoms with Gasteiger partial charge in [-0.3, -0.25) is 0 Å². The maximum absolute atomic E-state index is 4.23. The highest BCUT2D eigenvalue weighted by Gasteiger charge is 1.95. The SMILES string of the molecule is [C+](=Nc1ccccc1)c1ccccc1. The summed E-state index contributed by atoms with van der Waals surface area (Å²) in [6, 6.07) is 19.7. The first-order valence-corrected chi connectivity index (χ1v) is 4.52. The summed E-state index contributed by atoms with van der Waals surface area (Å²) in [6.45, 7) is 0. The third kappa shape index (κ3) is 2.25. The predicted octanol–water partition coefficient (Wildman–Crippen LogP) is 3.31. The van der Waals surface area contributed by atoms with Crippen LogP contribution in [0.5, 0.6) is 0 Å². The number of aliphatic imine (C=N–C) groups is 1. The van der Waals surface area contributed by atoms with Crippen LogP contribution < -0.4 is 0 Å². The zero-order valence-electron chi connectivity index (χ0n) is 7.72. The molecule has 66 valence electrons. The molecule has 1 heteroatoms. The Labute approximate surface area is 83.7 Å². The van der Waals surface area contributed by atoms with Gasteiger partial charge in [0.05, 0.1) is 0 Å². The molecule has 0 unspecified atom stereocenters. The number of para-hydroxylation sites is 1. The predicted molar refractivity (Wildman–Crippen MR) is 59.1 cm³/mol. The second-order valence-corrected chi connectivity index (χ2v) is 2.93. The monoisotopic (exact) mass is 180 g/mol. The van der Waals surface area contributed by atoms with E-state index in [0.29, 0.717) is 0 Å². The van der Waals surface area contributed by atoms with Gasteiger partial charge in [0.2, 0.25) is 0 Å². The van der Waals surface area contributed by atoms with Gasteiger partial charge in [-0.25, -0.2) is 0 Å². The number of hydrogen-bond donors (Lipinski definition) is 0. The van der Waals surface area contributed by atoms with Crippen LogP contribution in [0, 0.1) is 0 Å². The summed E-state index contributed by atoms with van der Waals surface area (Å²) in [7, 11) is 0. The molecule has 0 atom stereocenters. The summed E-state index contributed by atoms with van der Waals surface area (Å²) in [4.78, 5) is 4.23. The maximum Gasteiger partial charge on any atom is 0.167 e. The van der Waals surface area contributed by atoms with Gasteiger partial charge in [0.25, 0.3) is 0 Å². The first-order chi connectivity index (χ1) is 6.95. The summed E-state index contributed by atoms with van der Waals surface area (Å²) in [6.07, 6.45) is 2.99.